The van der Waals surface area contributed by atoms with E-state index >= 15 is 0 Å². The molecule has 0 aliphatic carbocycles. The smallest absolute Gasteiger partial charge is 0.243 e. The minimum atomic E-state index is -0.781. The molecule has 38 heavy (non-hydrogen) atoms. The van der Waals surface area contributed by atoms with Gasteiger partial charge in [0, 0.05) is 49.9 Å². The van der Waals surface area contributed by atoms with Crippen LogP contribution in [0.15, 0.2) is 66.7 Å². The Morgan fingerprint density at radius 3 is 2.16 bits per heavy atom. The Labute approximate surface area is 249 Å². The summed E-state index contributed by atoms with van der Waals surface area (Å²) in [7, 11) is 0. The minimum absolute atomic E-state index is 0.0919. The molecule has 1 N–H and O–H groups in total. The fraction of sp³-hybridized carbons (Fsp3) is 0.310. The molecule has 4 nitrogen and oxygen atoms in total. The molecule has 0 bridgehead atoms. The summed E-state index contributed by atoms with van der Waals surface area (Å²) in [6.45, 7) is 5.82. The van der Waals surface area contributed by atoms with Crippen LogP contribution in [-0.2, 0) is 28.3 Å². The van der Waals surface area contributed by atoms with Gasteiger partial charge in [-0.1, -0.05) is 88.9 Å². The maximum atomic E-state index is 13.8. The highest BCUT2D eigenvalue weighted by Gasteiger charge is 2.33. The number of hydrogen-bond donors (Lipinski definition) is 1. The summed E-state index contributed by atoms with van der Waals surface area (Å²) < 4.78 is 0. The number of halogens is 4. The summed E-state index contributed by atoms with van der Waals surface area (Å²) in [6.07, 6.45) is 0.338. The SMILES string of the molecule is CC(C)(C)NC(=O)[C@@H](Cc1ccccc1)N(Cc1c(Cl)cccc1Cl)C(=O)CSCc1ccc(Cl)cc1Cl. The van der Waals surface area contributed by atoms with E-state index < -0.39 is 11.6 Å². The van der Waals surface area contributed by atoms with Crippen molar-refractivity contribution < 1.29 is 9.59 Å². The molecule has 0 saturated carbocycles. The second kappa shape index (κ2) is 14.0. The Hall–Kier alpha value is -1.89. The van der Waals surface area contributed by atoms with Gasteiger partial charge in [-0.3, -0.25) is 9.59 Å². The molecule has 3 aromatic rings. The third-order valence-corrected chi connectivity index (χ3v) is 7.92. The summed E-state index contributed by atoms with van der Waals surface area (Å²) >= 11 is 26.7. The van der Waals surface area contributed by atoms with Crippen molar-refractivity contribution >= 4 is 70.0 Å². The minimum Gasteiger partial charge on any atom is -0.350 e. The van der Waals surface area contributed by atoms with E-state index in [0.29, 0.717) is 37.8 Å². The lowest BCUT2D eigenvalue weighted by atomic mass is 10.0. The molecule has 1 atom stereocenters. The first-order valence-electron chi connectivity index (χ1n) is 12.0. The highest BCUT2D eigenvalue weighted by molar-refractivity contribution is 7.99. The average Bonchev–Trinajstić information content (AvgIpc) is 2.83. The van der Waals surface area contributed by atoms with Crippen molar-refractivity contribution in [1.82, 2.24) is 10.2 Å². The van der Waals surface area contributed by atoms with Crippen molar-refractivity contribution in [3.8, 4) is 0 Å². The number of hydrogen-bond acceptors (Lipinski definition) is 3. The first-order chi connectivity index (χ1) is 17.9. The molecule has 0 aliphatic heterocycles. The Balaban J connectivity index is 1.92. The standard InChI is InChI=1S/C29H30Cl4N2O2S/c1-29(2,3)34-28(37)26(14-19-8-5-4-6-9-19)35(16-22-23(31)10-7-11-24(22)32)27(36)18-38-17-20-12-13-21(30)15-25(20)33/h4-13,15,26H,14,16-18H2,1-3H3,(H,34,37)/t26-/m1/s1. The van der Waals surface area contributed by atoms with Crippen LogP contribution >= 0.6 is 58.2 Å². The largest absolute Gasteiger partial charge is 0.350 e. The topological polar surface area (TPSA) is 49.4 Å². The molecule has 3 aromatic carbocycles. The predicted octanol–water partition coefficient (Wildman–Crippen LogP) is 8.09. The van der Waals surface area contributed by atoms with Crippen LogP contribution in [0.25, 0.3) is 0 Å². The molecular formula is C29H30Cl4N2O2S. The first-order valence-corrected chi connectivity index (χ1v) is 14.7. The summed E-state index contributed by atoms with van der Waals surface area (Å²) in [4.78, 5) is 29.0. The zero-order chi connectivity index (χ0) is 27.9. The summed E-state index contributed by atoms with van der Waals surface area (Å²) in [5, 5.41) is 5.02. The van der Waals surface area contributed by atoms with Gasteiger partial charge in [-0.05, 0) is 56.2 Å². The van der Waals surface area contributed by atoms with Crippen LogP contribution in [0.4, 0.5) is 0 Å². The van der Waals surface area contributed by atoms with Gasteiger partial charge in [0.1, 0.15) is 6.04 Å². The van der Waals surface area contributed by atoms with Crippen LogP contribution in [0.1, 0.15) is 37.5 Å². The van der Waals surface area contributed by atoms with Gasteiger partial charge < -0.3 is 10.2 Å². The highest BCUT2D eigenvalue weighted by Crippen LogP contribution is 2.29. The fourth-order valence-corrected chi connectivity index (χ4v) is 5.82. The Kier molecular flexibility index (Phi) is 11.3. The van der Waals surface area contributed by atoms with Crippen molar-refractivity contribution in [2.24, 2.45) is 0 Å². The van der Waals surface area contributed by atoms with E-state index in [1.54, 1.807) is 35.2 Å². The van der Waals surface area contributed by atoms with Gasteiger partial charge in [0.2, 0.25) is 11.8 Å². The molecule has 0 aliphatic rings. The van der Waals surface area contributed by atoms with E-state index in [2.05, 4.69) is 5.32 Å². The van der Waals surface area contributed by atoms with Crippen molar-refractivity contribution in [2.45, 2.75) is 51.1 Å². The lowest BCUT2D eigenvalue weighted by molar-refractivity contribution is -0.140. The zero-order valence-electron chi connectivity index (χ0n) is 21.4. The quantitative estimate of drug-likeness (QED) is 0.252. The van der Waals surface area contributed by atoms with Gasteiger partial charge in [-0.2, -0.15) is 0 Å². The van der Waals surface area contributed by atoms with E-state index in [-0.39, 0.29) is 24.1 Å². The Morgan fingerprint density at radius 1 is 0.895 bits per heavy atom. The molecule has 2 amide bonds. The summed E-state index contributed by atoms with van der Waals surface area (Å²) in [5.74, 6) is 0.194. The van der Waals surface area contributed by atoms with Crippen molar-refractivity contribution in [3.63, 3.8) is 0 Å². The summed E-state index contributed by atoms with van der Waals surface area (Å²) in [5.41, 5.74) is 1.92. The maximum Gasteiger partial charge on any atom is 0.243 e. The third-order valence-electron chi connectivity index (χ3n) is 5.66. The number of rotatable bonds is 10. The second-order valence-electron chi connectivity index (χ2n) is 9.90. The molecule has 0 fully saturated rings. The number of carbonyl (C=O) groups is 2. The van der Waals surface area contributed by atoms with Crippen LogP contribution < -0.4 is 5.32 Å². The van der Waals surface area contributed by atoms with Crippen LogP contribution in [0, 0.1) is 0 Å². The fourth-order valence-electron chi connectivity index (χ4n) is 3.83. The number of thioether (sulfide) groups is 1. The molecule has 0 heterocycles. The van der Waals surface area contributed by atoms with Gasteiger partial charge in [0.05, 0.1) is 5.75 Å². The molecule has 0 aromatic heterocycles. The maximum absolute atomic E-state index is 13.8. The number of carbonyl (C=O) groups excluding carboxylic acids is 2. The van der Waals surface area contributed by atoms with Gasteiger partial charge in [-0.25, -0.2) is 0 Å². The molecule has 0 unspecified atom stereocenters. The van der Waals surface area contributed by atoms with Gasteiger partial charge in [0.15, 0.2) is 0 Å². The molecule has 9 heteroatoms. The third kappa shape index (κ3) is 9.10. The monoisotopic (exact) mass is 610 g/mol. The first kappa shape index (κ1) is 30.6. The lowest BCUT2D eigenvalue weighted by Gasteiger charge is -2.34. The number of nitrogens with zero attached hydrogens (tertiary/aromatic N) is 1. The van der Waals surface area contributed by atoms with Crippen LogP contribution in [0.5, 0.6) is 0 Å². The molecule has 0 saturated heterocycles. The number of amides is 2. The van der Waals surface area contributed by atoms with Gasteiger partial charge in [0.25, 0.3) is 0 Å². The predicted molar refractivity (Wildman–Crippen MR) is 161 cm³/mol. The normalized spacial score (nSPS) is 12.2. The Bertz CT molecular complexity index is 1240. The van der Waals surface area contributed by atoms with Crippen LogP contribution in [0.2, 0.25) is 20.1 Å². The summed E-state index contributed by atoms with van der Waals surface area (Å²) in [6, 6.07) is 19.3. The average molecular weight is 612 g/mol. The van der Waals surface area contributed by atoms with Crippen molar-refractivity contribution in [1.29, 1.82) is 0 Å². The van der Waals surface area contributed by atoms with E-state index in [9.17, 15) is 9.59 Å². The lowest BCUT2D eigenvalue weighted by Crippen LogP contribution is -2.54. The second-order valence-corrected chi connectivity index (χ2v) is 12.5. The van der Waals surface area contributed by atoms with Gasteiger partial charge >= 0.3 is 0 Å². The molecule has 202 valence electrons. The molecule has 3 rings (SSSR count). The van der Waals surface area contributed by atoms with Crippen LogP contribution in [0.3, 0.4) is 0 Å². The molecule has 0 spiro atoms. The zero-order valence-corrected chi connectivity index (χ0v) is 25.3. The van der Waals surface area contributed by atoms with E-state index in [0.717, 1.165) is 11.1 Å². The van der Waals surface area contributed by atoms with E-state index in [4.69, 9.17) is 46.4 Å². The van der Waals surface area contributed by atoms with Crippen molar-refractivity contribution in [3.05, 3.63) is 104 Å². The van der Waals surface area contributed by atoms with Crippen LogP contribution in [-0.4, -0.2) is 34.0 Å². The number of nitrogens with one attached hydrogen (secondary N) is 1. The highest BCUT2D eigenvalue weighted by atomic mass is 35.5. The molecule has 0 radical (unpaired) electrons. The van der Waals surface area contributed by atoms with Crippen molar-refractivity contribution in [2.75, 3.05) is 5.75 Å². The van der Waals surface area contributed by atoms with E-state index in [1.165, 1.54) is 11.8 Å². The Morgan fingerprint density at radius 2 is 1.55 bits per heavy atom. The molecular weight excluding hydrogens is 582 g/mol. The number of benzene rings is 3. The van der Waals surface area contributed by atoms with E-state index in [1.807, 2.05) is 57.2 Å². The van der Waals surface area contributed by atoms with Gasteiger partial charge in [-0.15, -0.1) is 11.8 Å².